The van der Waals surface area contributed by atoms with Crippen molar-refractivity contribution < 1.29 is 27.2 Å². The van der Waals surface area contributed by atoms with Crippen molar-refractivity contribution in [3.8, 4) is 0 Å². The van der Waals surface area contributed by atoms with Gasteiger partial charge in [0.15, 0.2) is 0 Å². The molecule has 0 atom stereocenters. The maximum Gasteiger partial charge on any atom is 0.455 e. The summed E-state index contributed by atoms with van der Waals surface area (Å²) in [6.45, 7) is 0.190. The van der Waals surface area contributed by atoms with Gasteiger partial charge >= 0.3 is 6.18 Å². The normalized spacial score (nSPS) is 11.3. The molecule has 0 aromatic carbocycles. The Balaban J connectivity index is 2.01. The van der Waals surface area contributed by atoms with E-state index in [1.54, 1.807) is 6.07 Å². The zero-order valence-corrected chi connectivity index (χ0v) is 10.7. The van der Waals surface area contributed by atoms with Gasteiger partial charge in [-0.25, -0.2) is 0 Å². The third-order valence-corrected chi connectivity index (χ3v) is 3.43. The van der Waals surface area contributed by atoms with Gasteiger partial charge in [0.05, 0.1) is 22.3 Å². The minimum atomic E-state index is -4.94. The maximum atomic E-state index is 12.2. The van der Waals surface area contributed by atoms with E-state index in [9.17, 15) is 22.8 Å². The maximum absolute atomic E-state index is 12.2. The lowest BCUT2D eigenvalue weighted by Crippen LogP contribution is -2.22. The highest BCUT2D eigenvalue weighted by atomic mass is 32.1. The average Bonchev–Trinajstić information content (AvgIpc) is 3.05. The molecule has 0 aliphatic carbocycles. The number of halogens is 3. The van der Waals surface area contributed by atoms with Crippen molar-refractivity contribution in [1.82, 2.24) is 5.32 Å². The van der Waals surface area contributed by atoms with Gasteiger partial charge in [-0.1, -0.05) is 0 Å². The first-order valence-corrected chi connectivity index (χ1v) is 6.20. The van der Waals surface area contributed by atoms with Crippen LogP contribution in [0.25, 0.3) is 0 Å². The van der Waals surface area contributed by atoms with E-state index in [0.29, 0.717) is 11.3 Å². The van der Waals surface area contributed by atoms with Crippen LogP contribution in [0.3, 0.4) is 0 Å². The number of ketones is 1. The van der Waals surface area contributed by atoms with Crippen LogP contribution in [0.1, 0.15) is 24.9 Å². The summed E-state index contributed by atoms with van der Waals surface area (Å²) in [5.41, 5.74) is 0.724. The lowest BCUT2D eigenvalue weighted by molar-refractivity contribution is -0.0882. The van der Waals surface area contributed by atoms with Crippen LogP contribution in [0.15, 0.2) is 35.1 Å². The van der Waals surface area contributed by atoms with Crippen LogP contribution >= 0.6 is 11.3 Å². The Morgan fingerprint density at radius 2 is 1.90 bits per heavy atom. The summed E-state index contributed by atoms with van der Waals surface area (Å²) >= 11 is 0.508. The van der Waals surface area contributed by atoms with Crippen LogP contribution in [0.5, 0.6) is 0 Å². The number of hydrogen-bond donors (Lipinski definition) is 1. The molecule has 20 heavy (non-hydrogen) atoms. The molecular weight excluding hydrogens is 295 g/mol. The zero-order valence-electron chi connectivity index (χ0n) is 9.86. The zero-order chi connectivity index (χ0) is 14.8. The first kappa shape index (κ1) is 14.3. The van der Waals surface area contributed by atoms with Crippen molar-refractivity contribution >= 4 is 23.0 Å². The second-order valence-corrected chi connectivity index (χ2v) is 4.89. The number of carbonyl (C=O) groups excluding carboxylic acids is 2. The second-order valence-electron chi connectivity index (χ2n) is 3.81. The quantitative estimate of drug-likeness (QED) is 0.883. The number of nitrogens with one attached hydrogen (secondary N) is 1. The molecule has 1 amide bonds. The summed E-state index contributed by atoms with van der Waals surface area (Å²) < 4.78 is 41.5. The second kappa shape index (κ2) is 5.49. The first-order valence-electron chi connectivity index (χ1n) is 5.38. The van der Waals surface area contributed by atoms with Crippen LogP contribution in [0.2, 0.25) is 0 Å². The van der Waals surface area contributed by atoms with Crippen molar-refractivity contribution in [3.63, 3.8) is 0 Å². The monoisotopic (exact) mass is 303 g/mol. The summed E-state index contributed by atoms with van der Waals surface area (Å²) in [6.07, 6.45) is -2.06. The van der Waals surface area contributed by atoms with Crippen molar-refractivity contribution in [2.75, 3.05) is 0 Å². The van der Waals surface area contributed by atoms with Gasteiger partial charge in [0.1, 0.15) is 0 Å². The van der Waals surface area contributed by atoms with Crippen molar-refractivity contribution in [3.05, 3.63) is 46.0 Å². The van der Waals surface area contributed by atoms with E-state index < -0.39 is 22.7 Å². The molecule has 0 radical (unpaired) electrons. The number of amides is 1. The summed E-state index contributed by atoms with van der Waals surface area (Å²) in [7, 11) is 0. The molecule has 1 N–H and O–H groups in total. The van der Waals surface area contributed by atoms with Crippen molar-refractivity contribution in [2.45, 2.75) is 12.7 Å². The minimum absolute atomic E-state index is 0.0427. The Bertz CT molecular complexity index is 616. The SMILES string of the molecule is O=C(NCc1ccoc1)c1ccc(C(=O)C(F)(F)F)s1. The van der Waals surface area contributed by atoms with Crippen LogP contribution in [0.4, 0.5) is 13.2 Å². The van der Waals surface area contributed by atoms with Crippen LogP contribution in [0, 0.1) is 0 Å². The molecule has 2 rings (SSSR count). The topological polar surface area (TPSA) is 59.3 Å². The first-order chi connectivity index (χ1) is 9.38. The van der Waals surface area contributed by atoms with Gasteiger partial charge in [0, 0.05) is 12.1 Å². The van der Waals surface area contributed by atoms with Gasteiger partial charge in [-0.15, -0.1) is 11.3 Å². The Morgan fingerprint density at radius 3 is 2.50 bits per heavy atom. The number of rotatable bonds is 4. The number of carbonyl (C=O) groups is 2. The Kier molecular flexibility index (Phi) is 3.93. The van der Waals surface area contributed by atoms with E-state index in [0.717, 1.165) is 11.6 Å². The summed E-state index contributed by atoms with van der Waals surface area (Å²) in [5.74, 6) is -2.49. The summed E-state index contributed by atoms with van der Waals surface area (Å²) in [6, 6.07) is 3.83. The number of furan rings is 1. The van der Waals surface area contributed by atoms with Crippen LogP contribution in [-0.2, 0) is 6.54 Å². The molecule has 106 valence electrons. The molecule has 0 aliphatic heterocycles. The molecule has 0 fully saturated rings. The molecule has 0 unspecified atom stereocenters. The van der Waals surface area contributed by atoms with Crippen LogP contribution in [-0.4, -0.2) is 17.9 Å². The molecule has 8 heteroatoms. The van der Waals surface area contributed by atoms with Gasteiger partial charge in [0.2, 0.25) is 0 Å². The fourth-order valence-electron chi connectivity index (χ4n) is 1.38. The predicted molar refractivity (Wildman–Crippen MR) is 64.6 cm³/mol. The Labute approximate surface area is 115 Å². The van der Waals surface area contributed by atoms with Gasteiger partial charge in [0.25, 0.3) is 11.7 Å². The average molecular weight is 303 g/mol. The molecule has 0 aliphatic rings. The predicted octanol–water partition coefficient (Wildman–Crippen LogP) is 3.02. The number of hydrogen-bond acceptors (Lipinski definition) is 4. The molecular formula is C12H8F3NO3S. The molecule has 0 saturated heterocycles. The summed E-state index contributed by atoms with van der Waals surface area (Å²) in [5, 5.41) is 2.51. The van der Waals surface area contributed by atoms with E-state index in [2.05, 4.69) is 5.32 Å². The van der Waals surface area contributed by atoms with Gasteiger partial charge in [-0.2, -0.15) is 13.2 Å². The molecule has 2 aromatic heterocycles. The highest BCUT2D eigenvalue weighted by molar-refractivity contribution is 7.16. The van der Waals surface area contributed by atoms with Gasteiger partial charge in [-0.3, -0.25) is 9.59 Å². The Hall–Kier alpha value is -2.09. The fraction of sp³-hybridized carbons (Fsp3) is 0.167. The molecule has 0 spiro atoms. The number of Topliss-reactive ketones (excluding diaryl/α,β-unsaturated/α-hetero) is 1. The largest absolute Gasteiger partial charge is 0.472 e. The van der Waals surface area contributed by atoms with Crippen molar-refractivity contribution in [1.29, 1.82) is 0 Å². The highest BCUT2D eigenvalue weighted by Gasteiger charge is 2.40. The number of alkyl halides is 3. The van der Waals surface area contributed by atoms with E-state index >= 15 is 0 Å². The molecule has 2 aromatic rings. The molecule has 2 heterocycles. The van der Waals surface area contributed by atoms with Gasteiger partial charge < -0.3 is 9.73 Å². The van der Waals surface area contributed by atoms with E-state index in [4.69, 9.17) is 4.42 Å². The standard InChI is InChI=1S/C12H8F3NO3S/c13-12(14,15)10(17)8-1-2-9(20-8)11(18)16-5-7-3-4-19-6-7/h1-4,6H,5H2,(H,16,18). The fourth-order valence-corrected chi connectivity index (χ4v) is 2.27. The summed E-state index contributed by atoms with van der Waals surface area (Å²) in [4.78, 5) is 22.2. The molecule has 0 saturated carbocycles. The minimum Gasteiger partial charge on any atom is -0.472 e. The Morgan fingerprint density at radius 1 is 1.20 bits per heavy atom. The lowest BCUT2D eigenvalue weighted by Gasteiger charge is -2.02. The number of thiophene rings is 1. The van der Waals surface area contributed by atoms with E-state index in [1.807, 2.05) is 0 Å². The highest BCUT2D eigenvalue weighted by Crippen LogP contribution is 2.26. The third kappa shape index (κ3) is 3.27. The van der Waals surface area contributed by atoms with Gasteiger partial charge in [-0.05, 0) is 18.2 Å². The van der Waals surface area contributed by atoms with E-state index in [1.165, 1.54) is 18.6 Å². The lowest BCUT2D eigenvalue weighted by atomic mass is 10.3. The van der Waals surface area contributed by atoms with E-state index in [-0.39, 0.29) is 11.4 Å². The van der Waals surface area contributed by atoms with Crippen molar-refractivity contribution in [2.24, 2.45) is 0 Å². The molecule has 0 bridgehead atoms. The van der Waals surface area contributed by atoms with Crippen LogP contribution < -0.4 is 5.32 Å². The molecule has 4 nitrogen and oxygen atoms in total. The smallest absolute Gasteiger partial charge is 0.455 e. The third-order valence-electron chi connectivity index (χ3n) is 2.34.